The smallest absolute Gasteiger partial charge is 0.251 e. The van der Waals surface area contributed by atoms with Crippen molar-refractivity contribution < 1.29 is 9.18 Å². The molecule has 0 unspecified atom stereocenters. The van der Waals surface area contributed by atoms with Crippen LogP contribution in [0.5, 0.6) is 0 Å². The first-order valence-electron chi connectivity index (χ1n) is 10.7. The van der Waals surface area contributed by atoms with Crippen LogP contribution in [0.3, 0.4) is 0 Å². The Hall–Kier alpha value is -4.03. The van der Waals surface area contributed by atoms with Crippen LogP contribution in [0.1, 0.15) is 27.2 Å². The molecule has 2 N–H and O–H groups in total. The SMILES string of the molecule is O=C(NCc1cc2c(Cl)c[nH]c2cc1F)c1ccnc(Cc2cccc(-c3ccncc3)c2)c1. The number of carbonyl (C=O) groups is 1. The molecule has 0 aliphatic heterocycles. The molecule has 0 aliphatic carbocycles. The summed E-state index contributed by atoms with van der Waals surface area (Å²) in [6.45, 7) is 0.0494. The van der Waals surface area contributed by atoms with E-state index in [4.69, 9.17) is 11.6 Å². The van der Waals surface area contributed by atoms with E-state index in [0.717, 1.165) is 22.4 Å². The van der Waals surface area contributed by atoms with E-state index in [-0.39, 0.29) is 12.5 Å². The maximum atomic E-state index is 14.4. The number of aromatic amines is 1. The van der Waals surface area contributed by atoms with Gasteiger partial charge in [-0.2, -0.15) is 0 Å². The van der Waals surface area contributed by atoms with E-state index in [1.165, 1.54) is 6.07 Å². The highest BCUT2D eigenvalue weighted by atomic mass is 35.5. The van der Waals surface area contributed by atoms with E-state index in [9.17, 15) is 9.18 Å². The zero-order chi connectivity index (χ0) is 23.5. The lowest BCUT2D eigenvalue weighted by Gasteiger charge is -2.09. The number of hydrogen-bond acceptors (Lipinski definition) is 3. The number of fused-ring (bicyclic) bond motifs is 1. The quantitative estimate of drug-likeness (QED) is 0.322. The lowest BCUT2D eigenvalue weighted by molar-refractivity contribution is 0.0950. The van der Waals surface area contributed by atoms with Crippen molar-refractivity contribution in [2.75, 3.05) is 0 Å². The second-order valence-corrected chi connectivity index (χ2v) is 8.36. The highest BCUT2D eigenvalue weighted by Crippen LogP contribution is 2.26. The number of aromatic nitrogens is 3. The lowest BCUT2D eigenvalue weighted by Crippen LogP contribution is -2.23. The van der Waals surface area contributed by atoms with Gasteiger partial charge in [0.25, 0.3) is 5.91 Å². The van der Waals surface area contributed by atoms with Crippen LogP contribution in [0.25, 0.3) is 22.0 Å². The van der Waals surface area contributed by atoms with Gasteiger partial charge in [-0.05, 0) is 53.1 Å². The van der Waals surface area contributed by atoms with E-state index >= 15 is 0 Å². The van der Waals surface area contributed by atoms with E-state index in [0.29, 0.717) is 33.5 Å². The minimum atomic E-state index is -0.407. The number of benzene rings is 2. The average molecular weight is 471 g/mol. The van der Waals surface area contributed by atoms with Gasteiger partial charge in [-0.25, -0.2) is 4.39 Å². The highest BCUT2D eigenvalue weighted by Gasteiger charge is 2.12. The molecule has 34 heavy (non-hydrogen) atoms. The summed E-state index contributed by atoms with van der Waals surface area (Å²) in [5.41, 5.74) is 5.48. The number of nitrogens with zero attached hydrogens (tertiary/aromatic N) is 2. The number of halogens is 2. The molecule has 3 heterocycles. The number of pyridine rings is 2. The summed E-state index contributed by atoms with van der Waals surface area (Å²) < 4.78 is 14.4. The van der Waals surface area contributed by atoms with Gasteiger partial charge >= 0.3 is 0 Å². The second-order valence-electron chi connectivity index (χ2n) is 7.96. The molecule has 5 rings (SSSR count). The molecule has 1 amide bonds. The molecule has 5 aromatic rings. The number of amides is 1. The third kappa shape index (κ3) is 4.67. The standard InChI is InChI=1S/C27H20ClFN4O/c28-24-16-32-26-14-25(29)21(13-23(24)26)15-33-27(34)20-6-9-31-22(12-20)11-17-2-1-3-19(10-17)18-4-7-30-8-5-18/h1-10,12-14,16,32H,11,15H2,(H,33,34). The number of nitrogens with one attached hydrogen (secondary N) is 2. The van der Waals surface area contributed by atoms with Crippen molar-refractivity contribution in [1.82, 2.24) is 20.3 Å². The van der Waals surface area contributed by atoms with Crippen molar-refractivity contribution in [3.63, 3.8) is 0 Å². The first-order chi connectivity index (χ1) is 16.6. The largest absolute Gasteiger partial charge is 0.360 e. The molecule has 5 nitrogen and oxygen atoms in total. The highest BCUT2D eigenvalue weighted by molar-refractivity contribution is 6.35. The molecule has 0 aliphatic rings. The number of hydrogen-bond donors (Lipinski definition) is 2. The molecule has 168 valence electrons. The van der Waals surface area contributed by atoms with Crippen LogP contribution in [0.2, 0.25) is 5.02 Å². The fourth-order valence-corrected chi connectivity index (χ4v) is 4.11. The Kier molecular flexibility index (Phi) is 6.06. The first kappa shape index (κ1) is 21.8. The molecule has 7 heteroatoms. The zero-order valence-electron chi connectivity index (χ0n) is 18.1. The van der Waals surface area contributed by atoms with Crippen molar-refractivity contribution in [3.05, 3.63) is 119 Å². The number of H-pyrrole nitrogens is 1. The van der Waals surface area contributed by atoms with E-state index in [1.807, 2.05) is 30.3 Å². The molecule has 2 aromatic carbocycles. The topological polar surface area (TPSA) is 70.7 Å². The average Bonchev–Trinajstić information content (AvgIpc) is 3.22. The monoisotopic (exact) mass is 470 g/mol. The predicted molar refractivity (Wildman–Crippen MR) is 131 cm³/mol. The predicted octanol–water partition coefficient (Wildman–Crippen LogP) is 5.94. The van der Waals surface area contributed by atoms with Crippen molar-refractivity contribution in [2.24, 2.45) is 0 Å². The number of carbonyl (C=O) groups excluding carboxylic acids is 1. The van der Waals surface area contributed by atoms with Gasteiger partial charge in [0.1, 0.15) is 5.82 Å². The Morgan fingerprint density at radius 3 is 2.71 bits per heavy atom. The van der Waals surface area contributed by atoms with Crippen LogP contribution >= 0.6 is 11.6 Å². The molecule has 0 saturated heterocycles. The van der Waals surface area contributed by atoms with Gasteiger partial charge < -0.3 is 10.3 Å². The minimum absolute atomic E-state index is 0.0494. The third-order valence-corrected chi connectivity index (χ3v) is 5.96. The molecule has 0 saturated carbocycles. The summed E-state index contributed by atoms with van der Waals surface area (Å²) in [5, 5.41) is 4.01. The Balaban J connectivity index is 1.29. The van der Waals surface area contributed by atoms with Gasteiger partial charge in [-0.15, -0.1) is 0 Å². The van der Waals surface area contributed by atoms with Gasteiger partial charge in [0.2, 0.25) is 0 Å². The summed E-state index contributed by atoms with van der Waals surface area (Å²) >= 11 is 6.13. The van der Waals surface area contributed by atoms with Gasteiger partial charge in [0, 0.05) is 65.5 Å². The van der Waals surface area contributed by atoms with Gasteiger partial charge in [-0.1, -0.05) is 35.9 Å². The summed E-state index contributed by atoms with van der Waals surface area (Å²) in [5.74, 6) is -0.704. The molecule has 0 radical (unpaired) electrons. The van der Waals surface area contributed by atoms with Crippen LogP contribution in [0, 0.1) is 5.82 Å². The van der Waals surface area contributed by atoms with Crippen LogP contribution in [0.4, 0.5) is 4.39 Å². The summed E-state index contributed by atoms with van der Waals surface area (Å²) in [7, 11) is 0. The summed E-state index contributed by atoms with van der Waals surface area (Å²) in [4.78, 5) is 24.2. The summed E-state index contributed by atoms with van der Waals surface area (Å²) in [6, 6.07) is 18.6. The number of rotatable bonds is 6. The van der Waals surface area contributed by atoms with Crippen LogP contribution in [-0.4, -0.2) is 20.9 Å². The van der Waals surface area contributed by atoms with E-state index in [2.05, 4.69) is 26.3 Å². The third-order valence-electron chi connectivity index (χ3n) is 5.64. The Bertz CT molecular complexity index is 1480. The summed E-state index contributed by atoms with van der Waals surface area (Å²) in [6.07, 6.45) is 7.34. The Morgan fingerprint density at radius 1 is 1.00 bits per heavy atom. The molecule has 0 spiro atoms. The van der Waals surface area contributed by atoms with Gasteiger partial charge in [-0.3, -0.25) is 14.8 Å². The second kappa shape index (κ2) is 9.45. The molecule has 0 atom stereocenters. The maximum absolute atomic E-state index is 14.4. The van der Waals surface area contributed by atoms with Crippen LogP contribution in [-0.2, 0) is 13.0 Å². The van der Waals surface area contributed by atoms with Crippen LogP contribution in [0.15, 0.2) is 85.5 Å². The minimum Gasteiger partial charge on any atom is -0.360 e. The van der Waals surface area contributed by atoms with Gasteiger partial charge in [0.15, 0.2) is 0 Å². The molecule has 3 aromatic heterocycles. The van der Waals surface area contributed by atoms with Crippen molar-refractivity contribution in [3.8, 4) is 11.1 Å². The van der Waals surface area contributed by atoms with Gasteiger partial charge in [0.05, 0.1) is 5.02 Å². The van der Waals surface area contributed by atoms with E-state index < -0.39 is 5.82 Å². The fourth-order valence-electron chi connectivity index (χ4n) is 3.90. The lowest BCUT2D eigenvalue weighted by atomic mass is 10.0. The van der Waals surface area contributed by atoms with Crippen LogP contribution < -0.4 is 5.32 Å². The normalized spacial score (nSPS) is 11.0. The first-order valence-corrected chi connectivity index (χ1v) is 11.1. The molecule has 0 fully saturated rings. The molecular weight excluding hydrogens is 451 g/mol. The van der Waals surface area contributed by atoms with Crippen molar-refractivity contribution in [1.29, 1.82) is 0 Å². The zero-order valence-corrected chi connectivity index (χ0v) is 18.8. The maximum Gasteiger partial charge on any atom is 0.251 e. The fraction of sp³-hybridized carbons (Fsp3) is 0.0741. The Morgan fingerprint density at radius 2 is 1.85 bits per heavy atom. The van der Waals surface area contributed by atoms with Crippen molar-refractivity contribution in [2.45, 2.75) is 13.0 Å². The molecule has 0 bridgehead atoms. The molecular formula is C27H20ClFN4O. The Labute approximate surface area is 200 Å². The van der Waals surface area contributed by atoms with Crippen molar-refractivity contribution >= 4 is 28.4 Å². The van der Waals surface area contributed by atoms with E-state index in [1.54, 1.807) is 43.0 Å².